The summed E-state index contributed by atoms with van der Waals surface area (Å²) in [6, 6.07) is 10.6. The molecule has 2 nitrogen and oxygen atoms in total. The van der Waals surface area contributed by atoms with E-state index in [9.17, 15) is 0 Å². The first-order valence-corrected chi connectivity index (χ1v) is 4.34. The second kappa shape index (κ2) is 13.4. The lowest BCUT2D eigenvalue weighted by Gasteiger charge is -1.93. The van der Waals surface area contributed by atoms with Crippen LogP contribution in [0.1, 0.15) is 18.9 Å². The Morgan fingerprint density at radius 3 is 2.00 bits per heavy atom. The van der Waals surface area contributed by atoms with E-state index in [0.717, 1.165) is 0 Å². The van der Waals surface area contributed by atoms with Gasteiger partial charge in [-0.2, -0.15) is 0 Å². The first-order valence-electron chi connectivity index (χ1n) is 4.34. The van der Waals surface area contributed by atoms with Crippen molar-refractivity contribution in [2.75, 3.05) is 7.05 Å². The Bertz CT molecular complexity index is 175. The molecule has 2 heteroatoms. The summed E-state index contributed by atoms with van der Waals surface area (Å²) in [5, 5.41) is 0. The molecular formula is C11H19NO. The Morgan fingerprint density at radius 1 is 1.15 bits per heavy atom. The maximum Gasteiger partial charge on any atom is 0.106 e. The van der Waals surface area contributed by atoms with E-state index in [1.165, 1.54) is 25.5 Å². The van der Waals surface area contributed by atoms with Crippen LogP contribution in [0.15, 0.2) is 30.3 Å². The lowest BCUT2D eigenvalue weighted by atomic mass is 10.1. The lowest BCUT2D eigenvalue weighted by molar-refractivity contribution is -0.0979. The summed E-state index contributed by atoms with van der Waals surface area (Å²) < 4.78 is 0. The molecule has 0 bridgehead atoms. The van der Waals surface area contributed by atoms with Crippen LogP contribution in [0.5, 0.6) is 0 Å². The van der Waals surface area contributed by atoms with E-state index < -0.39 is 0 Å². The third-order valence-corrected chi connectivity index (χ3v) is 1.38. The highest BCUT2D eigenvalue weighted by molar-refractivity contribution is 5.14. The fraction of sp³-hybridized carbons (Fsp3) is 0.364. The van der Waals surface area contributed by atoms with Crippen LogP contribution in [0, 0.1) is 0 Å². The zero-order chi connectivity index (χ0) is 10.5. The van der Waals surface area contributed by atoms with E-state index in [1.807, 2.05) is 6.79 Å². The number of rotatable bonds is 2. The maximum absolute atomic E-state index is 8.00. The van der Waals surface area contributed by atoms with Crippen LogP contribution < -0.4 is 5.73 Å². The van der Waals surface area contributed by atoms with Gasteiger partial charge in [0, 0.05) is 0 Å². The van der Waals surface area contributed by atoms with Gasteiger partial charge in [0.2, 0.25) is 0 Å². The molecule has 0 aliphatic heterocycles. The average molecular weight is 181 g/mol. The fourth-order valence-corrected chi connectivity index (χ4v) is 0.933. The van der Waals surface area contributed by atoms with Gasteiger partial charge in [0.15, 0.2) is 0 Å². The van der Waals surface area contributed by atoms with Gasteiger partial charge in [-0.05, 0) is 19.0 Å². The summed E-state index contributed by atoms with van der Waals surface area (Å²) in [7, 11) is 1.50. The highest BCUT2D eigenvalue weighted by atomic mass is 16.1. The SMILES string of the molecule is C=O.CCCc1ccccc1.CN. The summed E-state index contributed by atoms with van der Waals surface area (Å²) in [6.07, 6.45) is 2.45. The van der Waals surface area contributed by atoms with Crippen LogP contribution >= 0.6 is 0 Å². The molecule has 0 spiro atoms. The Labute approximate surface area is 80.8 Å². The summed E-state index contributed by atoms with van der Waals surface area (Å²) >= 11 is 0. The zero-order valence-corrected chi connectivity index (χ0v) is 8.49. The zero-order valence-electron chi connectivity index (χ0n) is 8.49. The molecule has 1 aromatic rings. The van der Waals surface area contributed by atoms with Gasteiger partial charge in [0.1, 0.15) is 6.79 Å². The van der Waals surface area contributed by atoms with Crippen molar-refractivity contribution in [1.82, 2.24) is 0 Å². The Morgan fingerprint density at radius 2 is 1.62 bits per heavy atom. The van der Waals surface area contributed by atoms with Crippen LogP contribution in [0.3, 0.4) is 0 Å². The normalized spacial score (nSPS) is 7.31. The number of carbonyl (C=O) groups is 1. The molecule has 2 N–H and O–H groups in total. The number of hydrogen-bond acceptors (Lipinski definition) is 2. The minimum atomic E-state index is 1.21. The summed E-state index contributed by atoms with van der Waals surface area (Å²) in [5.74, 6) is 0. The Hall–Kier alpha value is -1.15. The van der Waals surface area contributed by atoms with E-state index in [0.29, 0.717) is 0 Å². The van der Waals surface area contributed by atoms with Gasteiger partial charge in [-0.1, -0.05) is 43.7 Å². The van der Waals surface area contributed by atoms with Crippen molar-refractivity contribution in [3.05, 3.63) is 35.9 Å². The number of carbonyl (C=O) groups excluding carboxylic acids is 1. The molecule has 0 radical (unpaired) electrons. The number of nitrogens with two attached hydrogens (primary N) is 1. The van der Waals surface area contributed by atoms with E-state index in [4.69, 9.17) is 4.79 Å². The van der Waals surface area contributed by atoms with Crippen molar-refractivity contribution >= 4 is 6.79 Å². The first-order chi connectivity index (χ1) is 6.43. The van der Waals surface area contributed by atoms with Crippen LogP contribution in [0.2, 0.25) is 0 Å². The van der Waals surface area contributed by atoms with E-state index in [2.05, 4.69) is 43.0 Å². The standard InChI is InChI=1S/C9H12.CH5N.CH2O/c1-2-6-9-7-4-3-5-8-9;2*1-2/h3-5,7-8H,2,6H2,1H3;2H2,1H3;1H2. The molecule has 0 saturated carbocycles. The largest absolute Gasteiger partial charge is 0.333 e. The fourth-order valence-electron chi connectivity index (χ4n) is 0.933. The van der Waals surface area contributed by atoms with Crippen molar-refractivity contribution < 1.29 is 4.79 Å². The molecule has 1 aromatic carbocycles. The molecule has 13 heavy (non-hydrogen) atoms. The van der Waals surface area contributed by atoms with Crippen molar-refractivity contribution in [1.29, 1.82) is 0 Å². The van der Waals surface area contributed by atoms with Crippen molar-refractivity contribution in [3.8, 4) is 0 Å². The second-order valence-corrected chi connectivity index (χ2v) is 2.24. The van der Waals surface area contributed by atoms with Crippen molar-refractivity contribution in [2.45, 2.75) is 19.8 Å². The van der Waals surface area contributed by atoms with Gasteiger partial charge in [-0.3, -0.25) is 0 Å². The number of benzene rings is 1. The van der Waals surface area contributed by atoms with Gasteiger partial charge in [-0.15, -0.1) is 0 Å². The molecule has 0 atom stereocenters. The molecule has 0 saturated heterocycles. The molecule has 0 aromatic heterocycles. The molecule has 74 valence electrons. The molecule has 0 unspecified atom stereocenters. The van der Waals surface area contributed by atoms with Crippen LogP contribution in [-0.4, -0.2) is 13.8 Å². The highest BCUT2D eigenvalue weighted by Gasteiger charge is 1.84. The monoisotopic (exact) mass is 181 g/mol. The molecule has 0 aliphatic rings. The third-order valence-electron chi connectivity index (χ3n) is 1.38. The Balaban J connectivity index is 0. The van der Waals surface area contributed by atoms with Gasteiger partial charge < -0.3 is 10.5 Å². The van der Waals surface area contributed by atoms with Gasteiger partial charge in [-0.25, -0.2) is 0 Å². The molecule has 0 aliphatic carbocycles. The minimum Gasteiger partial charge on any atom is -0.333 e. The van der Waals surface area contributed by atoms with Crippen LogP contribution in [0.25, 0.3) is 0 Å². The molecule has 0 fully saturated rings. The second-order valence-electron chi connectivity index (χ2n) is 2.24. The molecule has 1 rings (SSSR count). The summed E-state index contributed by atoms with van der Waals surface area (Å²) in [4.78, 5) is 8.00. The van der Waals surface area contributed by atoms with Crippen LogP contribution in [-0.2, 0) is 11.2 Å². The van der Waals surface area contributed by atoms with Crippen LogP contribution in [0.4, 0.5) is 0 Å². The molecule has 0 amide bonds. The Kier molecular flexibility index (Phi) is 14.9. The quantitative estimate of drug-likeness (QED) is 0.758. The lowest BCUT2D eigenvalue weighted by Crippen LogP contribution is -1.78. The van der Waals surface area contributed by atoms with Gasteiger partial charge in [0.25, 0.3) is 0 Å². The summed E-state index contributed by atoms with van der Waals surface area (Å²) in [6.45, 7) is 4.20. The third kappa shape index (κ3) is 8.76. The predicted molar refractivity (Wildman–Crippen MR) is 57.7 cm³/mol. The molecule has 0 heterocycles. The number of aryl methyl sites for hydroxylation is 1. The van der Waals surface area contributed by atoms with Crippen molar-refractivity contribution in [3.63, 3.8) is 0 Å². The average Bonchev–Trinajstić information content (AvgIpc) is 2.26. The molecular weight excluding hydrogens is 162 g/mol. The van der Waals surface area contributed by atoms with Gasteiger partial charge >= 0.3 is 0 Å². The predicted octanol–water partition coefficient (Wildman–Crippen LogP) is 2.03. The van der Waals surface area contributed by atoms with E-state index in [-0.39, 0.29) is 0 Å². The van der Waals surface area contributed by atoms with Gasteiger partial charge in [0.05, 0.1) is 0 Å². The topological polar surface area (TPSA) is 43.1 Å². The minimum absolute atomic E-state index is 1.21. The first kappa shape index (κ1) is 14.4. The smallest absolute Gasteiger partial charge is 0.106 e. The van der Waals surface area contributed by atoms with E-state index in [1.54, 1.807) is 0 Å². The number of hydrogen-bond donors (Lipinski definition) is 1. The maximum atomic E-state index is 8.00. The summed E-state index contributed by atoms with van der Waals surface area (Å²) in [5.41, 5.74) is 5.94. The van der Waals surface area contributed by atoms with Crippen molar-refractivity contribution in [2.24, 2.45) is 5.73 Å². The van der Waals surface area contributed by atoms with E-state index >= 15 is 0 Å². The highest BCUT2D eigenvalue weighted by Crippen LogP contribution is 2.00.